The fourth-order valence-corrected chi connectivity index (χ4v) is 4.99. The predicted octanol–water partition coefficient (Wildman–Crippen LogP) is 3.27. The average molecular weight is 321 g/mol. The molecule has 0 unspecified atom stereocenters. The minimum atomic E-state index is 0.167. The quantitative estimate of drug-likeness (QED) is 0.902. The summed E-state index contributed by atoms with van der Waals surface area (Å²) in [6, 6.07) is 9.50. The van der Waals surface area contributed by atoms with Crippen LogP contribution in [0.5, 0.6) is 5.75 Å². The van der Waals surface area contributed by atoms with Gasteiger partial charge in [-0.3, -0.25) is 0 Å². The summed E-state index contributed by atoms with van der Waals surface area (Å²) < 4.78 is 11.3. The molecule has 4 heteroatoms. The topological polar surface area (TPSA) is 30.5 Å². The van der Waals surface area contributed by atoms with Crippen molar-refractivity contribution < 1.29 is 9.47 Å². The molecule has 3 atom stereocenters. The Balaban J connectivity index is 1.51. The van der Waals surface area contributed by atoms with Gasteiger partial charge in [0.15, 0.2) is 0 Å². The van der Waals surface area contributed by atoms with Crippen molar-refractivity contribution in [2.45, 2.75) is 50.3 Å². The zero-order chi connectivity index (χ0) is 15.4. The second kappa shape index (κ2) is 7.24. The van der Waals surface area contributed by atoms with Gasteiger partial charge in [0.25, 0.3) is 0 Å². The maximum Gasteiger partial charge on any atom is 0.118 e. The lowest BCUT2D eigenvalue weighted by Crippen LogP contribution is -2.49. The summed E-state index contributed by atoms with van der Waals surface area (Å²) in [5.74, 6) is 3.36. The minimum absolute atomic E-state index is 0.167. The summed E-state index contributed by atoms with van der Waals surface area (Å²) in [5, 5.41) is 3.83. The lowest BCUT2D eigenvalue weighted by atomic mass is 9.89. The van der Waals surface area contributed by atoms with Gasteiger partial charge in [-0.15, -0.1) is 0 Å². The molecule has 2 aliphatic rings. The van der Waals surface area contributed by atoms with Crippen molar-refractivity contribution in [1.82, 2.24) is 5.32 Å². The van der Waals surface area contributed by atoms with Gasteiger partial charge in [-0.05, 0) is 56.1 Å². The molecule has 2 aliphatic heterocycles. The summed E-state index contributed by atoms with van der Waals surface area (Å²) in [5.41, 5.74) is 1.53. The molecule has 1 aromatic carbocycles. The normalized spacial score (nSPS) is 29.6. The van der Waals surface area contributed by atoms with Crippen molar-refractivity contribution in [3.63, 3.8) is 0 Å². The summed E-state index contributed by atoms with van der Waals surface area (Å²) in [6.45, 7) is 3.20. The molecule has 3 nitrogen and oxygen atoms in total. The number of rotatable bonds is 5. The van der Waals surface area contributed by atoms with Gasteiger partial charge in [-0.1, -0.05) is 12.1 Å². The van der Waals surface area contributed by atoms with Crippen LogP contribution in [0.4, 0.5) is 0 Å². The van der Waals surface area contributed by atoms with E-state index in [1.54, 1.807) is 7.11 Å². The summed E-state index contributed by atoms with van der Waals surface area (Å²) in [4.78, 5) is 0. The molecule has 0 saturated carbocycles. The molecule has 0 bridgehead atoms. The third-order valence-electron chi connectivity index (χ3n) is 4.78. The highest BCUT2D eigenvalue weighted by atomic mass is 32.2. The molecule has 2 saturated heterocycles. The van der Waals surface area contributed by atoms with Crippen LogP contribution in [0.2, 0.25) is 0 Å². The zero-order valence-electron chi connectivity index (χ0n) is 13.6. The van der Waals surface area contributed by atoms with Crippen LogP contribution in [0.25, 0.3) is 0 Å². The van der Waals surface area contributed by atoms with E-state index < -0.39 is 0 Å². The third kappa shape index (κ3) is 3.98. The zero-order valence-corrected chi connectivity index (χ0v) is 14.5. The molecular formula is C18H27NO2S. The number of hydrogen-bond acceptors (Lipinski definition) is 4. The molecule has 2 heterocycles. The van der Waals surface area contributed by atoms with Crippen LogP contribution in [0.1, 0.15) is 31.7 Å². The monoisotopic (exact) mass is 321 g/mol. The van der Waals surface area contributed by atoms with Gasteiger partial charge in [0.2, 0.25) is 0 Å². The van der Waals surface area contributed by atoms with E-state index >= 15 is 0 Å². The van der Waals surface area contributed by atoms with Crippen LogP contribution in [-0.2, 0) is 11.2 Å². The van der Waals surface area contributed by atoms with Gasteiger partial charge in [0.05, 0.1) is 12.7 Å². The Hall–Kier alpha value is -0.710. The molecule has 122 valence electrons. The van der Waals surface area contributed by atoms with E-state index in [4.69, 9.17) is 9.47 Å². The first-order valence-corrected chi connectivity index (χ1v) is 9.45. The largest absolute Gasteiger partial charge is 0.497 e. The van der Waals surface area contributed by atoms with E-state index in [0.29, 0.717) is 12.1 Å². The number of nitrogens with one attached hydrogen (secondary N) is 1. The Kier molecular flexibility index (Phi) is 5.32. The Bertz CT molecular complexity index is 470. The fraction of sp³-hybridized carbons (Fsp3) is 0.667. The highest BCUT2D eigenvalue weighted by molar-refractivity contribution is 7.99. The second-order valence-corrected chi connectivity index (χ2v) is 7.75. The first kappa shape index (κ1) is 16.2. The number of hydrogen-bond donors (Lipinski definition) is 1. The fourth-order valence-electron chi connectivity index (χ4n) is 3.61. The maximum atomic E-state index is 6.11. The van der Waals surface area contributed by atoms with Gasteiger partial charge >= 0.3 is 0 Å². The van der Waals surface area contributed by atoms with E-state index in [2.05, 4.69) is 24.4 Å². The summed E-state index contributed by atoms with van der Waals surface area (Å²) in [6.07, 6.45) is 4.60. The molecule has 0 amide bonds. The Morgan fingerprint density at radius 2 is 2.23 bits per heavy atom. The SMILES string of the molecule is COc1ccc(C[C@H](C)N[C@@H]2CCO[C@@]3(CCSC3)C2)cc1. The van der Waals surface area contributed by atoms with Crippen molar-refractivity contribution >= 4 is 11.8 Å². The highest BCUT2D eigenvalue weighted by Gasteiger charge is 2.40. The molecule has 1 N–H and O–H groups in total. The number of benzene rings is 1. The maximum absolute atomic E-state index is 6.11. The van der Waals surface area contributed by atoms with Crippen LogP contribution in [0.15, 0.2) is 24.3 Å². The minimum Gasteiger partial charge on any atom is -0.497 e. The Labute approximate surface area is 138 Å². The van der Waals surface area contributed by atoms with Crippen molar-refractivity contribution in [1.29, 1.82) is 0 Å². The van der Waals surface area contributed by atoms with Crippen molar-refractivity contribution in [3.05, 3.63) is 29.8 Å². The van der Waals surface area contributed by atoms with Crippen LogP contribution in [-0.4, -0.2) is 42.9 Å². The second-order valence-electron chi connectivity index (χ2n) is 6.64. The number of thioether (sulfide) groups is 1. The van der Waals surface area contributed by atoms with Gasteiger partial charge in [0, 0.05) is 24.4 Å². The third-order valence-corrected chi connectivity index (χ3v) is 6.00. The lowest BCUT2D eigenvalue weighted by Gasteiger charge is -2.39. The average Bonchev–Trinajstić information content (AvgIpc) is 2.95. The first-order chi connectivity index (χ1) is 10.7. The standard InChI is InChI=1S/C18H27NO2S/c1-14(11-15-3-5-17(20-2)6-4-15)19-16-7-9-21-18(12-16)8-10-22-13-18/h3-6,14,16,19H,7-13H2,1-2H3/t14-,16+,18-/m0/s1. The van der Waals surface area contributed by atoms with Crippen LogP contribution in [0, 0.1) is 0 Å². The molecule has 3 rings (SSSR count). The van der Waals surface area contributed by atoms with E-state index in [-0.39, 0.29) is 5.60 Å². The molecule has 0 aliphatic carbocycles. The molecular weight excluding hydrogens is 294 g/mol. The summed E-state index contributed by atoms with van der Waals surface area (Å²) in [7, 11) is 1.71. The molecule has 22 heavy (non-hydrogen) atoms. The number of methoxy groups -OCH3 is 1. The highest BCUT2D eigenvalue weighted by Crippen LogP contribution is 2.38. The molecule has 0 radical (unpaired) electrons. The molecule has 0 aromatic heterocycles. The molecule has 2 fully saturated rings. The smallest absolute Gasteiger partial charge is 0.118 e. The van der Waals surface area contributed by atoms with Gasteiger partial charge in [0.1, 0.15) is 5.75 Å². The summed E-state index contributed by atoms with van der Waals surface area (Å²) >= 11 is 2.04. The lowest BCUT2D eigenvalue weighted by molar-refractivity contribution is -0.0711. The predicted molar refractivity (Wildman–Crippen MR) is 92.9 cm³/mol. The van der Waals surface area contributed by atoms with Crippen molar-refractivity contribution in [2.24, 2.45) is 0 Å². The van der Waals surface area contributed by atoms with Crippen LogP contribution in [0.3, 0.4) is 0 Å². The molecule has 1 spiro atoms. The van der Waals surface area contributed by atoms with Crippen molar-refractivity contribution in [2.75, 3.05) is 25.2 Å². The van der Waals surface area contributed by atoms with Gasteiger partial charge in [-0.25, -0.2) is 0 Å². The van der Waals surface area contributed by atoms with E-state index in [1.165, 1.54) is 29.9 Å². The number of ether oxygens (including phenoxy) is 2. The van der Waals surface area contributed by atoms with Gasteiger partial charge in [-0.2, -0.15) is 11.8 Å². The Morgan fingerprint density at radius 3 is 2.91 bits per heavy atom. The van der Waals surface area contributed by atoms with E-state index in [0.717, 1.165) is 25.2 Å². The van der Waals surface area contributed by atoms with E-state index in [9.17, 15) is 0 Å². The first-order valence-electron chi connectivity index (χ1n) is 8.30. The molecule has 1 aromatic rings. The van der Waals surface area contributed by atoms with E-state index in [1.807, 2.05) is 23.9 Å². The van der Waals surface area contributed by atoms with Crippen LogP contribution < -0.4 is 10.1 Å². The van der Waals surface area contributed by atoms with Gasteiger partial charge < -0.3 is 14.8 Å². The Morgan fingerprint density at radius 1 is 1.41 bits per heavy atom. The van der Waals surface area contributed by atoms with Crippen LogP contribution >= 0.6 is 11.8 Å². The van der Waals surface area contributed by atoms with Crippen molar-refractivity contribution in [3.8, 4) is 5.75 Å².